The van der Waals surface area contributed by atoms with E-state index in [0.29, 0.717) is 11.5 Å². The van der Waals surface area contributed by atoms with Gasteiger partial charge in [0.15, 0.2) is 17.1 Å². The van der Waals surface area contributed by atoms with E-state index >= 15 is 0 Å². The Balaban J connectivity index is 0.000000584. The van der Waals surface area contributed by atoms with Crippen LogP contribution >= 0.6 is 0 Å². The van der Waals surface area contributed by atoms with Gasteiger partial charge in [0.25, 0.3) is 0 Å². The van der Waals surface area contributed by atoms with Gasteiger partial charge in [-0.2, -0.15) is 0 Å². The third kappa shape index (κ3) is 10.7. The molecule has 1 rings (SSSR count). The molecule has 13 nitrogen and oxygen atoms in total. The van der Waals surface area contributed by atoms with E-state index in [4.69, 9.17) is 35.6 Å². The number of nitrogens with two attached hydrogens (primary N) is 1. The minimum absolute atomic E-state index is 0.0202. The van der Waals surface area contributed by atoms with Crippen LogP contribution in [0.4, 0.5) is 4.79 Å². The summed E-state index contributed by atoms with van der Waals surface area (Å²) in [6.45, 7) is -0.224. The highest BCUT2D eigenvalue weighted by molar-refractivity contribution is 5.88. The van der Waals surface area contributed by atoms with Crippen molar-refractivity contribution in [3.8, 4) is 11.5 Å². The van der Waals surface area contributed by atoms with E-state index in [1.54, 1.807) is 24.3 Å². The molecule has 13 heteroatoms. The second-order valence-corrected chi connectivity index (χ2v) is 5.72. The standard InChI is InChI=1S/C11H15NO5.C6H8O7/c1-15-9-4-2-3-5-10(9)16-6-8(13)7-17-11(12)14;7-3(8)1-6(13,5(11)12)2-4(9)10/h2-5,8,13H,6-7H2,1H3,(H2,12,14);13H,1-2H2,(H,7,8)(H,9,10)(H,11,12). The molecule has 0 aromatic heterocycles. The van der Waals surface area contributed by atoms with Crippen LogP contribution in [0.15, 0.2) is 24.3 Å². The van der Waals surface area contributed by atoms with Crippen molar-refractivity contribution in [1.29, 1.82) is 0 Å². The van der Waals surface area contributed by atoms with Crippen molar-refractivity contribution < 1.29 is 58.9 Å². The van der Waals surface area contributed by atoms with Crippen molar-refractivity contribution >= 4 is 24.0 Å². The van der Waals surface area contributed by atoms with Crippen LogP contribution < -0.4 is 15.2 Å². The number of hydrogen-bond acceptors (Lipinski definition) is 9. The Kier molecular flexibility index (Phi) is 11.3. The van der Waals surface area contributed by atoms with E-state index in [0.717, 1.165) is 0 Å². The Morgan fingerprint density at radius 2 is 1.50 bits per heavy atom. The topological polar surface area (TPSA) is 223 Å². The van der Waals surface area contributed by atoms with Crippen LogP contribution in [0.25, 0.3) is 0 Å². The van der Waals surface area contributed by atoms with Gasteiger partial charge in [0, 0.05) is 0 Å². The van der Waals surface area contributed by atoms with Gasteiger partial charge < -0.3 is 45.5 Å². The van der Waals surface area contributed by atoms with Crippen molar-refractivity contribution in [2.75, 3.05) is 20.3 Å². The largest absolute Gasteiger partial charge is 0.493 e. The molecular weight excluding hydrogens is 410 g/mol. The molecule has 0 heterocycles. The van der Waals surface area contributed by atoms with Crippen LogP contribution in [0.1, 0.15) is 12.8 Å². The summed E-state index contributed by atoms with van der Waals surface area (Å²) >= 11 is 0. The lowest BCUT2D eigenvalue weighted by Crippen LogP contribution is -2.42. The second-order valence-electron chi connectivity index (χ2n) is 5.72. The molecule has 168 valence electrons. The van der Waals surface area contributed by atoms with Gasteiger partial charge >= 0.3 is 24.0 Å². The lowest BCUT2D eigenvalue weighted by molar-refractivity contribution is -0.170. The number of hydrogen-bond donors (Lipinski definition) is 6. The summed E-state index contributed by atoms with van der Waals surface area (Å²) in [4.78, 5) is 40.8. The summed E-state index contributed by atoms with van der Waals surface area (Å²) in [5.41, 5.74) is 2.02. The molecule has 1 amide bonds. The highest BCUT2D eigenvalue weighted by atomic mass is 16.6. The molecule has 0 fully saturated rings. The molecular formula is C17H23NO12. The molecule has 0 aliphatic rings. The number of carbonyl (C=O) groups excluding carboxylic acids is 1. The highest BCUT2D eigenvalue weighted by Crippen LogP contribution is 2.25. The summed E-state index contributed by atoms with van der Waals surface area (Å²) in [6, 6.07) is 7.03. The van der Waals surface area contributed by atoms with Crippen molar-refractivity contribution in [2.45, 2.75) is 24.5 Å². The number of aliphatic hydroxyl groups is 2. The van der Waals surface area contributed by atoms with Gasteiger partial charge in [0.2, 0.25) is 0 Å². The molecule has 30 heavy (non-hydrogen) atoms. The number of aliphatic hydroxyl groups excluding tert-OH is 1. The maximum Gasteiger partial charge on any atom is 0.404 e. The number of aliphatic carboxylic acids is 3. The number of primary amides is 1. The van der Waals surface area contributed by atoms with Gasteiger partial charge in [0.1, 0.15) is 19.3 Å². The van der Waals surface area contributed by atoms with E-state index in [1.807, 2.05) is 0 Å². The molecule has 0 bridgehead atoms. The van der Waals surface area contributed by atoms with E-state index in [-0.39, 0.29) is 13.2 Å². The SMILES string of the molecule is COc1ccccc1OCC(O)COC(N)=O.O=C(O)CC(O)(CC(=O)O)C(=O)O. The predicted octanol–water partition coefficient (Wildman–Crippen LogP) is -0.718. The summed E-state index contributed by atoms with van der Waals surface area (Å²) in [5.74, 6) is -3.95. The number of rotatable bonds is 11. The lowest BCUT2D eigenvalue weighted by Gasteiger charge is -2.18. The Labute approximate surface area is 170 Å². The fourth-order valence-corrected chi connectivity index (χ4v) is 1.86. The normalized spacial score (nSPS) is 11.3. The molecule has 0 saturated carbocycles. The van der Waals surface area contributed by atoms with Crippen LogP contribution in [-0.4, -0.2) is 81.6 Å². The summed E-state index contributed by atoms with van der Waals surface area (Å²) in [7, 11) is 1.52. The zero-order chi connectivity index (χ0) is 23.3. The van der Waals surface area contributed by atoms with Crippen molar-refractivity contribution in [3.63, 3.8) is 0 Å². The van der Waals surface area contributed by atoms with E-state index in [2.05, 4.69) is 4.74 Å². The molecule has 0 aliphatic heterocycles. The number of carbonyl (C=O) groups is 4. The molecule has 0 spiro atoms. The Bertz CT molecular complexity index is 719. The summed E-state index contributed by atoms with van der Waals surface area (Å²) < 4.78 is 14.8. The van der Waals surface area contributed by atoms with Gasteiger partial charge in [-0.05, 0) is 12.1 Å². The quantitative estimate of drug-likeness (QED) is 0.254. The van der Waals surface area contributed by atoms with Gasteiger partial charge in [-0.3, -0.25) is 9.59 Å². The number of carboxylic acids is 3. The first kappa shape index (κ1) is 26.4. The third-order valence-corrected chi connectivity index (χ3v) is 3.20. The smallest absolute Gasteiger partial charge is 0.404 e. The van der Waals surface area contributed by atoms with Gasteiger partial charge in [-0.25, -0.2) is 9.59 Å². The minimum Gasteiger partial charge on any atom is -0.493 e. The fraction of sp³-hybridized carbons (Fsp3) is 0.412. The summed E-state index contributed by atoms with van der Waals surface area (Å²) in [6.07, 6.45) is -4.16. The first-order valence-corrected chi connectivity index (χ1v) is 8.16. The molecule has 1 unspecified atom stereocenters. The van der Waals surface area contributed by atoms with Crippen molar-refractivity contribution in [2.24, 2.45) is 5.73 Å². The Morgan fingerprint density at radius 3 is 1.90 bits per heavy atom. The van der Waals surface area contributed by atoms with Gasteiger partial charge in [0.05, 0.1) is 20.0 Å². The second kappa shape index (κ2) is 12.8. The molecule has 7 N–H and O–H groups in total. The number of ether oxygens (including phenoxy) is 3. The minimum atomic E-state index is -2.74. The fourth-order valence-electron chi connectivity index (χ4n) is 1.86. The highest BCUT2D eigenvalue weighted by Gasteiger charge is 2.40. The molecule has 0 aliphatic carbocycles. The van der Waals surface area contributed by atoms with E-state index < -0.39 is 48.5 Å². The first-order chi connectivity index (χ1) is 13.9. The lowest BCUT2D eigenvalue weighted by atomic mass is 9.96. The van der Waals surface area contributed by atoms with Crippen molar-refractivity contribution in [3.05, 3.63) is 24.3 Å². The number of amides is 1. The summed E-state index contributed by atoms with van der Waals surface area (Å²) in [5, 5.41) is 43.2. The van der Waals surface area contributed by atoms with Crippen LogP contribution in [0.5, 0.6) is 11.5 Å². The molecule has 0 saturated heterocycles. The number of methoxy groups -OCH3 is 1. The zero-order valence-corrected chi connectivity index (χ0v) is 15.9. The molecule has 0 radical (unpaired) electrons. The third-order valence-electron chi connectivity index (χ3n) is 3.20. The van der Waals surface area contributed by atoms with Gasteiger partial charge in [-0.1, -0.05) is 12.1 Å². The van der Waals surface area contributed by atoms with Gasteiger partial charge in [-0.15, -0.1) is 0 Å². The number of carboxylic acid groups (broad SMARTS) is 3. The van der Waals surface area contributed by atoms with Crippen LogP contribution in [-0.2, 0) is 19.1 Å². The number of para-hydroxylation sites is 2. The Hall–Kier alpha value is -3.58. The average molecular weight is 433 g/mol. The average Bonchev–Trinajstić information content (AvgIpc) is 2.64. The van der Waals surface area contributed by atoms with Crippen LogP contribution in [0, 0.1) is 0 Å². The molecule has 1 atom stereocenters. The zero-order valence-electron chi connectivity index (χ0n) is 15.9. The van der Waals surface area contributed by atoms with Crippen molar-refractivity contribution in [1.82, 2.24) is 0 Å². The van der Waals surface area contributed by atoms with E-state index in [1.165, 1.54) is 7.11 Å². The predicted molar refractivity (Wildman–Crippen MR) is 97.1 cm³/mol. The first-order valence-electron chi connectivity index (χ1n) is 8.16. The maximum atomic E-state index is 10.3. The van der Waals surface area contributed by atoms with E-state index in [9.17, 15) is 24.3 Å². The van der Waals surface area contributed by atoms with Crippen LogP contribution in [0.2, 0.25) is 0 Å². The maximum absolute atomic E-state index is 10.3. The number of benzene rings is 1. The molecule has 1 aromatic carbocycles. The Morgan fingerprint density at radius 1 is 1.00 bits per heavy atom. The monoisotopic (exact) mass is 433 g/mol. The van der Waals surface area contributed by atoms with Crippen LogP contribution in [0.3, 0.4) is 0 Å². The molecule has 1 aromatic rings.